The van der Waals surface area contributed by atoms with Gasteiger partial charge in [-0.05, 0) is 11.1 Å². The summed E-state index contributed by atoms with van der Waals surface area (Å²) in [6.45, 7) is 1.32. The monoisotopic (exact) mass is 350 g/mol. The lowest BCUT2D eigenvalue weighted by Crippen LogP contribution is -2.44. The van der Waals surface area contributed by atoms with Crippen molar-refractivity contribution in [3.63, 3.8) is 0 Å². The summed E-state index contributed by atoms with van der Waals surface area (Å²) < 4.78 is 14.2. The number of hydrogen-bond donors (Lipinski definition) is 1. The molecule has 1 aliphatic heterocycles. The molecule has 1 aliphatic rings. The molecule has 0 amide bonds. The number of aromatic nitrogens is 2. The normalized spacial score (nSPS) is 22.1. The van der Waals surface area contributed by atoms with Gasteiger partial charge in [0.1, 0.15) is 24.1 Å². The first kappa shape index (κ1) is 17.0. The lowest BCUT2D eigenvalue weighted by atomic mass is 10.0. The van der Waals surface area contributed by atoms with Gasteiger partial charge in [-0.3, -0.25) is 0 Å². The molecule has 5 nitrogen and oxygen atoms in total. The molecular formula is C21H22N2O3. The Balaban J connectivity index is 1.51. The van der Waals surface area contributed by atoms with Crippen molar-refractivity contribution < 1.29 is 14.6 Å². The van der Waals surface area contributed by atoms with E-state index in [0.717, 1.165) is 17.0 Å². The summed E-state index contributed by atoms with van der Waals surface area (Å²) in [6.07, 6.45) is 2.07. The number of nitrogens with zero attached hydrogens (tertiary/aromatic N) is 2. The van der Waals surface area contributed by atoms with Crippen LogP contribution in [0.5, 0.6) is 0 Å². The summed E-state index contributed by atoms with van der Waals surface area (Å²) >= 11 is 0. The number of aliphatic hydroxyl groups is 1. The Bertz CT molecular complexity index is 820. The van der Waals surface area contributed by atoms with E-state index < -0.39 is 18.3 Å². The maximum absolute atomic E-state index is 10.6. The molecule has 2 heterocycles. The van der Waals surface area contributed by atoms with Crippen molar-refractivity contribution in [3.05, 3.63) is 90.0 Å². The van der Waals surface area contributed by atoms with E-state index in [1.54, 1.807) is 6.20 Å². The van der Waals surface area contributed by atoms with E-state index in [4.69, 9.17) is 9.47 Å². The molecule has 0 spiro atoms. The number of imidazole rings is 1. The van der Waals surface area contributed by atoms with E-state index in [2.05, 4.69) is 4.98 Å². The van der Waals surface area contributed by atoms with Crippen molar-refractivity contribution in [2.24, 2.45) is 0 Å². The molecule has 2 aromatic carbocycles. The molecule has 26 heavy (non-hydrogen) atoms. The Kier molecular flexibility index (Phi) is 5.11. The van der Waals surface area contributed by atoms with Crippen molar-refractivity contribution in [1.82, 2.24) is 9.55 Å². The van der Waals surface area contributed by atoms with Crippen LogP contribution in [0.4, 0.5) is 0 Å². The molecule has 0 radical (unpaired) electrons. The highest BCUT2D eigenvalue weighted by molar-refractivity contribution is 5.15. The van der Waals surface area contributed by atoms with E-state index in [1.165, 1.54) is 0 Å². The van der Waals surface area contributed by atoms with Crippen molar-refractivity contribution in [1.29, 1.82) is 0 Å². The van der Waals surface area contributed by atoms with Gasteiger partial charge in [-0.1, -0.05) is 60.7 Å². The number of fused-ring (bicyclic) bond motifs is 1. The molecule has 0 bridgehead atoms. The van der Waals surface area contributed by atoms with Gasteiger partial charge < -0.3 is 19.1 Å². The van der Waals surface area contributed by atoms with Crippen LogP contribution in [-0.2, 0) is 29.2 Å². The molecule has 4 rings (SSSR count). The second-order valence-corrected chi connectivity index (χ2v) is 6.48. The highest BCUT2D eigenvalue weighted by Gasteiger charge is 2.38. The van der Waals surface area contributed by atoms with Gasteiger partial charge in [0.2, 0.25) is 0 Å². The molecule has 0 fully saturated rings. The Morgan fingerprint density at radius 3 is 2.19 bits per heavy atom. The largest absolute Gasteiger partial charge is 0.388 e. The maximum atomic E-state index is 10.6. The van der Waals surface area contributed by atoms with Gasteiger partial charge in [0.25, 0.3) is 0 Å². The first-order valence-electron chi connectivity index (χ1n) is 8.81. The highest BCUT2D eigenvalue weighted by Crippen LogP contribution is 2.31. The molecule has 5 heteroatoms. The summed E-state index contributed by atoms with van der Waals surface area (Å²) in [5.74, 6) is 0.796. The van der Waals surface area contributed by atoms with Gasteiger partial charge in [-0.15, -0.1) is 0 Å². The third-order valence-electron chi connectivity index (χ3n) is 4.62. The maximum Gasteiger partial charge on any atom is 0.144 e. The number of hydrogen-bond acceptors (Lipinski definition) is 4. The van der Waals surface area contributed by atoms with E-state index in [-0.39, 0.29) is 0 Å². The van der Waals surface area contributed by atoms with Crippen LogP contribution < -0.4 is 0 Å². The lowest BCUT2D eigenvalue weighted by molar-refractivity contribution is -0.152. The standard InChI is InChI=1S/C21H22N2O3/c24-18-13-23-12-11-22-21(23)20(26-15-17-9-5-2-6-10-17)19(18)25-14-16-7-3-1-4-8-16/h1-12,18-20,24H,13-15H2/t18-,19-,20+/m1/s1. The predicted octanol–water partition coefficient (Wildman–Crippen LogP) is 3.10. The summed E-state index contributed by atoms with van der Waals surface area (Å²) in [7, 11) is 0. The molecule has 0 saturated carbocycles. The zero-order chi connectivity index (χ0) is 17.8. The van der Waals surface area contributed by atoms with Crippen LogP contribution in [0, 0.1) is 0 Å². The van der Waals surface area contributed by atoms with Crippen LogP contribution in [0.2, 0.25) is 0 Å². The molecule has 0 saturated heterocycles. The van der Waals surface area contributed by atoms with Crippen LogP contribution in [0.1, 0.15) is 23.1 Å². The van der Waals surface area contributed by atoms with Crippen LogP contribution in [-0.4, -0.2) is 26.9 Å². The minimum absolute atomic E-state index is 0.419. The Morgan fingerprint density at radius 2 is 1.54 bits per heavy atom. The summed E-state index contributed by atoms with van der Waals surface area (Å²) in [5.41, 5.74) is 2.14. The number of aliphatic hydroxyl groups excluding tert-OH is 1. The predicted molar refractivity (Wildman–Crippen MR) is 97.2 cm³/mol. The van der Waals surface area contributed by atoms with Gasteiger partial charge in [0, 0.05) is 12.4 Å². The van der Waals surface area contributed by atoms with Crippen molar-refractivity contribution in [3.8, 4) is 0 Å². The van der Waals surface area contributed by atoms with Gasteiger partial charge in [0.15, 0.2) is 0 Å². The molecule has 3 atom stereocenters. The minimum Gasteiger partial charge on any atom is -0.388 e. The molecular weight excluding hydrogens is 328 g/mol. The molecule has 3 aromatic rings. The second-order valence-electron chi connectivity index (χ2n) is 6.48. The molecule has 134 valence electrons. The van der Waals surface area contributed by atoms with Crippen LogP contribution >= 0.6 is 0 Å². The van der Waals surface area contributed by atoms with Crippen LogP contribution in [0.3, 0.4) is 0 Å². The van der Waals surface area contributed by atoms with E-state index >= 15 is 0 Å². The number of ether oxygens (including phenoxy) is 2. The van der Waals surface area contributed by atoms with Gasteiger partial charge >= 0.3 is 0 Å². The highest BCUT2D eigenvalue weighted by atomic mass is 16.5. The molecule has 0 aliphatic carbocycles. The molecule has 0 unspecified atom stereocenters. The Labute approximate surface area is 152 Å². The number of rotatable bonds is 6. The Hall–Kier alpha value is -2.47. The van der Waals surface area contributed by atoms with Crippen molar-refractivity contribution in [2.75, 3.05) is 0 Å². The smallest absolute Gasteiger partial charge is 0.144 e. The first-order valence-corrected chi connectivity index (χ1v) is 8.81. The van der Waals surface area contributed by atoms with Gasteiger partial charge in [0.05, 0.1) is 19.8 Å². The zero-order valence-corrected chi connectivity index (χ0v) is 14.4. The summed E-state index contributed by atoms with van der Waals surface area (Å²) in [6, 6.07) is 19.9. The average Bonchev–Trinajstić information content (AvgIpc) is 3.14. The van der Waals surface area contributed by atoms with E-state index in [1.807, 2.05) is 71.4 Å². The fraction of sp³-hybridized carbons (Fsp3) is 0.286. The van der Waals surface area contributed by atoms with Gasteiger partial charge in [-0.25, -0.2) is 4.98 Å². The summed E-state index contributed by atoms with van der Waals surface area (Å²) in [4.78, 5) is 4.44. The van der Waals surface area contributed by atoms with E-state index in [0.29, 0.717) is 19.8 Å². The van der Waals surface area contributed by atoms with Crippen molar-refractivity contribution in [2.45, 2.75) is 38.1 Å². The zero-order valence-electron chi connectivity index (χ0n) is 14.4. The molecule has 1 N–H and O–H groups in total. The molecule has 1 aromatic heterocycles. The SMILES string of the molecule is O[C@@H]1Cn2ccnc2[C@@H](OCc2ccccc2)[C@@H]1OCc1ccccc1. The first-order chi connectivity index (χ1) is 12.8. The van der Waals surface area contributed by atoms with Gasteiger partial charge in [-0.2, -0.15) is 0 Å². The third kappa shape index (κ3) is 3.70. The second kappa shape index (κ2) is 7.83. The Morgan fingerprint density at radius 1 is 0.923 bits per heavy atom. The fourth-order valence-electron chi connectivity index (χ4n) is 3.28. The quantitative estimate of drug-likeness (QED) is 0.742. The number of benzene rings is 2. The topological polar surface area (TPSA) is 56.5 Å². The van der Waals surface area contributed by atoms with E-state index in [9.17, 15) is 5.11 Å². The lowest BCUT2D eigenvalue weighted by Gasteiger charge is -2.35. The fourth-order valence-corrected chi connectivity index (χ4v) is 3.28. The minimum atomic E-state index is -0.652. The van der Waals surface area contributed by atoms with Crippen LogP contribution in [0.25, 0.3) is 0 Å². The third-order valence-corrected chi connectivity index (χ3v) is 4.62. The average molecular weight is 350 g/mol. The van der Waals surface area contributed by atoms with Crippen LogP contribution in [0.15, 0.2) is 73.1 Å². The van der Waals surface area contributed by atoms with Crippen molar-refractivity contribution >= 4 is 0 Å². The summed E-state index contributed by atoms with van der Waals surface area (Å²) in [5, 5.41) is 10.6.